The first-order valence-corrected chi connectivity index (χ1v) is 37.6. The van der Waals surface area contributed by atoms with Gasteiger partial charge >= 0.3 is 54.2 Å². The van der Waals surface area contributed by atoms with Gasteiger partial charge in [0.05, 0.1) is 26.2 Å². The molecule has 7 heterocycles. The van der Waals surface area contributed by atoms with Crippen LogP contribution in [0, 0.1) is 34.9 Å². The number of tetrazole rings is 3. The number of hydroxylamine groups is 2. The van der Waals surface area contributed by atoms with E-state index in [0.717, 1.165) is 88.0 Å². The molecule has 1 fully saturated rings. The minimum absolute atomic E-state index is 0. The molecule has 2 amide bonds. The van der Waals surface area contributed by atoms with Crippen molar-refractivity contribution >= 4 is 42.1 Å². The van der Waals surface area contributed by atoms with E-state index in [9.17, 15) is 86.2 Å². The fraction of sp³-hybridized carbons (Fsp3) is 0.298. The smallest absolute Gasteiger partial charge is 0.422 e. The van der Waals surface area contributed by atoms with Crippen molar-refractivity contribution in [2.45, 2.75) is 135 Å². The maximum Gasteiger partial charge on any atom is 0.422 e. The first-order chi connectivity index (χ1) is 61.7. The number of hydrogen-bond donors (Lipinski definition) is 2. The van der Waals surface area contributed by atoms with E-state index >= 15 is 35.1 Å². The number of aromatic nitrogens is 15. The molecular weight excluding hydrogens is 1870 g/mol. The molecule has 0 spiro atoms. The van der Waals surface area contributed by atoms with Gasteiger partial charge in [0.1, 0.15) is 88.2 Å². The van der Waals surface area contributed by atoms with Crippen molar-refractivity contribution in [3.8, 4) is 50.6 Å². The molecule has 1 saturated heterocycles. The summed E-state index contributed by atoms with van der Waals surface area (Å²) in [5.41, 5.74) is -7.66. The highest BCUT2D eigenvalue weighted by molar-refractivity contribution is 6.01. The molecule has 1 aliphatic rings. The molecule has 3 unspecified atom stereocenters. The van der Waals surface area contributed by atoms with E-state index in [1.54, 1.807) is 6.92 Å². The second kappa shape index (κ2) is 45.9. The lowest BCUT2D eigenvalue weighted by molar-refractivity contribution is -0.232. The highest BCUT2D eigenvalue weighted by Gasteiger charge is 2.64. The van der Waals surface area contributed by atoms with Gasteiger partial charge in [-0.15, -0.1) is 32.8 Å². The molecule has 0 aliphatic carbocycles. The van der Waals surface area contributed by atoms with E-state index in [4.69, 9.17) is 15.2 Å². The number of carbonyl (C=O) groups excluding carboxylic acids is 5. The fourth-order valence-corrected chi connectivity index (χ4v) is 12.2. The monoisotopic (exact) mass is 1950 g/mol. The Labute approximate surface area is 757 Å². The molecular formula is C84H77ClF21N17O12. The van der Waals surface area contributed by atoms with Crippen LogP contribution in [0.15, 0.2) is 201 Å². The minimum atomic E-state index is -4.53. The predicted octanol–water partition coefficient (Wildman–Crippen LogP) is 16.7. The van der Waals surface area contributed by atoms with Gasteiger partial charge in [0.2, 0.25) is 11.2 Å². The lowest BCUT2D eigenvalue weighted by Gasteiger charge is -2.39. The number of esters is 2. The number of imide groups is 1. The van der Waals surface area contributed by atoms with Crippen LogP contribution in [-0.2, 0) is 92.5 Å². The van der Waals surface area contributed by atoms with E-state index in [2.05, 4.69) is 80.6 Å². The summed E-state index contributed by atoms with van der Waals surface area (Å²) in [5.74, 6) is -24.3. The van der Waals surface area contributed by atoms with Gasteiger partial charge in [0.15, 0.2) is 25.4 Å². The van der Waals surface area contributed by atoms with E-state index in [-0.39, 0.29) is 83.2 Å². The van der Waals surface area contributed by atoms with Crippen molar-refractivity contribution in [1.82, 2.24) is 80.6 Å². The first kappa shape index (κ1) is 109. The Morgan fingerprint density at radius 2 is 0.689 bits per heavy atom. The van der Waals surface area contributed by atoms with Gasteiger partial charge in [-0.1, -0.05) is 90.7 Å². The third-order valence-electron chi connectivity index (χ3n) is 18.5. The van der Waals surface area contributed by atoms with Crippen molar-refractivity contribution in [3.05, 3.63) is 270 Å². The Morgan fingerprint density at radius 3 is 0.963 bits per heavy atom. The zero-order valence-corrected chi connectivity index (χ0v) is 68.2. The molecule has 3 atom stereocenters. The van der Waals surface area contributed by atoms with E-state index in [1.165, 1.54) is 97.9 Å². The second-order valence-electron chi connectivity index (χ2n) is 27.6. The van der Waals surface area contributed by atoms with Gasteiger partial charge in [-0.2, -0.15) is 65.9 Å². The highest BCUT2D eigenvalue weighted by atomic mass is 35.5. The lowest BCUT2D eigenvalue weighted by Crippen LogP contribution is -2.52. The SMILES string of the molecule is C.C.C.CCC(=O)OC(Cn1cnnn1)(c1ccc(F)cc1F)C(F)(F)c1ccc(-c2ccc(OCC(F)(F)F)cc2)cn1.CCC(=O)ON1C(=O)CCC1=O.Cl.NCC(=O)OC(Cn1cnnn1)(c1ccc(F)cc1F)C(F)(F)c1ccc(-c2ccc(OCC(F)(F)F)cc2)cn1.OC(Cn1cnnn1)(c1ccc(F)cc1F)C(F)(F)c1ccc(-c2ccc(OCC(F)(F)F)cc2)cn1. The number of amides is 2. The van der Waals surface area contributed by atoms with Crippen LogP contribution in [0.1, 0.15) is 95.6 Å². The molecule has 13 rings (SSSR count). The molecule has 12 aromatic rings. The summed E-state index contributed by atoms with van der Waals surface area (Å²) in [7, 11) is 0. The van der Waals surface area contributed by atoms with Crippen LogP contribution >= 0.6 is 12.4 Å². The number of hydrogen-bond acceptors (Lipinski definition) is 25. The molecule has 0 bridgehead atoms. The Hall–Kier alpha value is -14.3. The van der Waals surface area contributed by atoms with E-state index < -0.39 is 197 Å². The summed E-state index contributed by atoms with van der Waals surface area (Å²) in [6.07, 6.45) is -7.56. The maximum atomic E-state index is 16.5. The number of nitrogens with zero attached hydrogens (tertiary/aromatic N) is 16. The Balaban J connectivity index is 0.000000288. The molecule has 51 heteroatoms. The number of aliphatic hydroxyl groups is 1. The largest absolute Gasteiger partial charge is 0.484 e. The number of nitrogens with two attached hydrogens (primary N) is 1. The zero-order valence-electron chi connectivity index (χ0n) is 67.3. The number of alkyl halides is 15. The number of ether oxygens (including phenoxy) is 5. The van der Waals surface area contributed by atoms with E-state index in [1.807, 2.05) is 0 Å². The lowest BCUT2D eigenvalue weighted by atomic mass is 9.83. The molecule has 6 aromatic heterocycles. The van der Waals surface area contributed by atoms with Crippen LogP contribution in [0.3, 0.4) is 0 Å². The third-order valence-corrected chi connectivity index (χ3v) is 18.5. The molecule has 29 nitrogen and oxygen atoms in total. The van der Waals surface area contributed by atoms with Crippen LogP contribution in [-0.4, -0.2) is 160 Å². The van der Waals surface area contributed by atoms with Crippen LogP contribution < -0.4 is 19.9 Å². The predicted molar refractivity (Wildman–Crippen MR) is 432 cm³/mol. The number of pyridine rings is 3. The van der Waals surface area contributed by atoms with Gasteiger partial charge in [0.25, 0.3) is 11.8 Å². The van der Waals surface area contributed by atoms with Gasteiger partial charge in [-0.3, -0.25) is 34.1 Å². The second-order valence-corrected chi connectivity index (χ2v) is 27.6. The Kier molecular flexibility index (Phi) is 37.2. The minimum Gasteiger partial charge on any atom is -0.484 e. The molecule has 0 saturated carbocycles. The van der Waals surface area contributed by atoms with Crippen LogP contribution in [0.5, 0.6) is 17.2 Å². The van der Waals surface area contributed by atoms with Crippen LogP contribution in [0.2, 0.25) is 0 Å². The molecule has 135 heavy (non-hydrogen) atoms. The van der Waals surface area contributed by atoms with Crippen molar-refractivity contribution in [2.75, 3.05) is 26.4 Å². The molecule has 3 N–H and O–H groups in total. The summed E-state index contributed by atoms with van der Waals surface area (Å²) in [6.45, 7) is -5.37. The van der Waals surface area contributed by atoms with Gasteiger partial charge in [-0.25, -0.2) is 45.2 Å². The summed E-state index contributed by atoms with van der Waals surface area (Å²) in [6, 6.07) is 27.7. The van der Waals surface area contributed by atoms with Gasteiger partial charge in [0, 0.05) is 95.9 Å². The topological polar surface area (TPSA) is 360 Å². The number of rotatable bonds is 30. The van der Waals surface area contributed by atoms with E-state index in [0.29, 0.717) is 69.3 Å². The normalized spacial score (nSPS) is 13.5. The zero-order chi connectivity index (χ0) is 95.7. The quantitative estimate of drug-likeness (QED) is 0.0240. The number of benzene rings is 6. The summed E-state index contributed by atoms with van der Waals surface area (Å²) in [5, 5.41) is 42.3. The Morgan fingerprint density at radius 1 is 0.393 bits per heavy atom. The average molecular weight is 1950 g/mol. The summed E-state index contributed by atoms with van der Waals surface area (Å²) < 4.78 is 321. The first-order valence-electron chi connectivity index (χ1n) is 37.6. The fourth-order valence-electron chi connectivity index (χ4n) is 12.2. The highest BCUT2D eigenvalue weighted by Crippen LogP contribution is 2.53. The third kappa shape index (κ3) is 27.2. The molecule has 0 radical (unpaired) electrons. The Bertz CT molecular complexity index is 5640. The van der Waals surface area contributed by atoms with Crippen LogP contribution in [0.25, 0.3) is 33.4 Å². The van der Waals surface area contributed by atoms with Crippen molar-refractivity contribution in [3.63, 3.8) is 0 Å². The van der Waals surface area contributed by atoms with Crippen molar-refractivity contribution in [1.29, 1.82) is 0 Å². The van der Waals surface area contributed by atoms with Crippen molar-refractivity contribution < 1.29 is 150 Å². The standard InChI is InChI=1S/C26H20F7N5O3.C25H19F7N6O3.C23H16F7N5O2.C7H9NO4.3CH4.ClH/c1-2-23(39)41-24(13-38-15-35-36-37-38,20-9-6-18(27)11-21(20)28)26(32,33)22-10-5-17(12-34-22)16-3-7-19(8-4-16)40-14-25(29,30)31;26-17-4-7-19(20(27)9-17)23(41-22(39)10-33,12-38-14-35-36-37-38)25(31,32)21-8-3-16(11-34-21)15-1-5-18(6-2-15)40-13-24(28,29)30;24-16-4-7-18(19(25)9-16)21(36,11-35-13-32-33-34-35)23(29,30)20-8-3-15(10-31-20)14-1-5-17(6-2-14)37-12-22(26,27)28;1-2-7(11)12-8-5(9)3-4-6(8)10;;;;/h3-12,15H,2,13-14H2,1H3;1-9,11,14H,10,12-13,33H2;1-10,13,36H,11-12H2;2-4H2,1H3;3*1H4;1H. The number of carbonyl (C=O) groups is 5. The van der Waals surface area contributed by atoms with Gasteiger partial charge < -0.3 is 39.4 Å². The number of halogens is 22. The van der Waals surface area contributed by atoms with Gasteiger partial charge in [-0.05, 0) is 139 Å². The molecule has 1 aliphatic heterocycles. The maximum absolute atomic E-state index is 16.5. The van der Waals surface area contributed by atoms with Crippen LogP contribution in [0.4, 0.5) is 92.2 Å². The molecule has 6 aromatic carbocycles. The van der Waals surface area contributed by atoms with Crippen molar-refractivity contribution in [2.24, 2.45) is 5.73 Å². The summed E-state index contributed by atoms with van der Waals surface area (Å²) in [4.78, 5) is 73.1. The average Bonchev–Trinajstić information content (AvgIpc) is 1.11. The molecule has 724 valence electrons. The summed E-state index contributed by atoms with van der Waals surface area (Å²) >= 11 is 0.